The van der Waals surface area contributed by atoms with Crippen LogP contribution < -0.4 is 0 Å². The Balaban J connectivity index is 4.03. The number of rotatable bonds is 41. The summed E-state index contributed by atoms with van der Waals surface area (Å²) in [5.74, 6) is -0.400. The van der Waals surface area contributed by atoms with E-state index in [1.165, 1.54) is 161 Å². The van der Waals surface area contributed by atoms with Gasteiger partial charge in [0.15, 0.2) is 6.10 Å². The van der Waals surface area contributed by atoms with Gasteiger partial charge in [-0.15, -0.1) is 0 Å². The van der Waals surface area contributed by atoms with Crippen molar-refractivity contribution in [2.24, 2.45) is 0 Å². The molecule has 0 radical (unpaired) electrons. The van der Waals surface area contributed by atoms with E-state index in [1.54, 1.807) is 0 Å². The Morgan fingerprint density at radius 1 is 0.420 bits per heavy atom. The quantitative estimate of drug-likeness (QED) is 0.0360. The Hall–Kier alpha value is -1.36. The van der Waals surface area contributed by atoms with Crippen LogP contribution in [-0.4, -0.2) is 37.9 Å². The summed E-state index contributed by atoms with van der Waals surface area (Å²) >= 11 is 0. The number of hydrogen-bond donors (Lipinski definition) is 0. The Bertz CT molecular complexity index is 720. The average Bonchev–Trinajstić information content (AvgIpc) is 3.11. The molecule has 0 aromatic rings. The lowest BCUT2D eigenvalue weighted by molar-refractivity contribution is -0.163. The number of allylic oxidation sites excluding steroid dienone is 2. The normalized spacial score (nSPS) is 12.1. The second-order valence-corrected chi connectivity index (χ2v) is 15.0. The van der Waals surface area contributed by atoms with Crippen molar-refractivity contribution in [3.05, 3.63) is 12.2 Å². The van der Waals surface area contributed by atoms with E-state index in [2.05, 4.69) is 32.9 Å². The van der Waals surface area contributed by atoms with Gasteiger partial charge in [0, 0.05) is 19.4 Å². The third-order valence-electron chi connectivity index (χ3n) is 9.80. The van der Waals surface area contributed by atoms with Crippen LogP contribution in [0.15, 0.2) is 12.2 Å². The summed E-state index contributed by atoms with van der Waals surface area (Å²) < 4.78 is 17.2. The molecule has 0 amide bonds. The van der Waals surface area contributed by atoms with Gasteiger partial charge < -0.3 is 14.2 Å². The maximum Gasteiger partial charge on any atom is 0.306 e. The summed E-state index contributed by atoms with van der Waals surface area (Å²) in [4.78, 5) is 25.0. The minimum atomic E-state index is -0.525. The number of carbonyl (C=O) groups is 2. The standard InChI is InChI=1S/C45H86O5/c1-4-7-10-13-15-17-19-21-23-24-26-28-30-33-35-38-44(46)49-42-43(50-45(47)39-36-32-12-9-6-3)41-48-40-37-34-31-29-27-25-22-20-18-16-14-11-8-5-2/h18,20,43H,4-17,19,21-42H2,1-3H3/b20-18-. The first kappa shape index (κ1) is 48.6. The van der Waals surface area contributed by atoms with Crippen LogP contribution in [0.4, 0.5) is 0 Å². The minimum absolute atomic E-state index is 0.0896. The van der Waals surface area contributed by atoms with Gasteiger partial charge in [0.2, 0.25) is 0 Å². The number of unbranched alkanes of at least 4 members (excludes halogenated alkanes) is 28. The van der Waals surface area contributed by atoms with Crippen molar-refractivity contribution in [1.82, 2.24) is 0 Å². The molecule has 0 fully saturated rings. The highest BCUT2D eigenvalue weighted by Gasteiger charge is 2.17. The van der Waals surface area contributed by atoms with Crippen LogP contribution >= 0.6 is 0 Å². The van der Waals surface area contributed by atoms with E-state index in [0.717, 1.165) is 44.9 Å². The van der Waals surface area contributed by atoms with Crippen molar-refractivity contribution in [3.63, 3.8) is 0 Å². The van der Waals surface area contributed by atoms with Crippen LogP contribution in [0, 0.1) is 0 Å². The van der Waals surface area contributed by atoms with Crippen LogP contribution in [0.25, 0.3) is 0 Å². The number of esters is 2. The van der Waals surface area contributed by atoms with Crippen LogP contribution in [0.3, 0.4) is 0 Å². The molecule has 0 aliphatic rings. The molecule has 296 valence electrons. The highest BCUT2D eigenvalue weighted by Crippen LogP contribution is 2.15. The molecule has 0 heterocycles. The molecule has 1 atom stereocenters. The Morgan fingerprint density at radius 2 is 0.780 bits per heavy atom. The van der Waals surface area contributed by atoms with Gasteiger partial charge in [-0.25, -0.2) is 0 Å². The minimum Gasteiger partial charge on any atom is -0.462 e. The Kier molecular flexibility index (Phi) is 40.9. The highest BCUT2D eigenvalue weighted by molar-refractivity contribution is 5.70. The van der Waals surface area contributed by atoms with Gasteiger partial charge in [0.25, 0.3) is 0 Å². The summed E-state index contributed by atoms with van der Waals surface area (Å²) in [5.41, 5.74) is 0. The fourth-order valence-electron chi connectivity index (χ4n) is 6.45. The predicted molar refractivity (Wildman–Crippen MR) is 215 cm³/mol. The lowest BCUT2D eigenvalue weighted by atomic mass is 10.0. The van der Waals surface area contributed by atoms with Crippen molar-refractivity contribution in [2.45, 2.75) is 245 Å². The largest absolute Gasteiger partial charge is 0.462 e. The molecule has 5 heteroatoms. The zero-order valence-electron chi connectivity index (χ0n) is 33.9. The van der Waals surface area contributed by atoms with E-state index >= 15 is 0 Å². The molecule has 0 aliphatic heterocycles. The smallest absolute Gasteiger partial charge is 0.306 e. The van der Waals surface area contributed by atoms with Crippen molar-refractivity contribution in [2.75, 3.05) is 19.8 Å². The molecule has 50 heavy (non-hydrogen) atoms. The molecule has 0 saturated heterocycles. The lowest BCUT2D eigenvalue weighted by Gasteiger charge is -2.18. The maximum absolute atomic E-state index is 12.5. The van der Waals surface area contributed by atoms with Crippen molar-refractivity contribution < 1.29 is 23.8 Å². The fourth-order valence-corrected chi connectivity index (χ4v) is 6.45. The molecule has 0 aromatic heterocycles. The van der Waals surface area contributed by atoms with Gasteiger partial charge in [0.05, 0.1) is 6.61 Å². The van der Waals surface area contributed by atoms with Crippen molar-refractivity contribution >= 4 is 11.9 Å². The van der Waals surface area contributed by atoms with E-state index in [-0.39, 0.29) is 18.5 Å². The van der Waals surface area contributed by atoms with E-state index < -0.39 is 6.10 Å². The van der Waals surface area contributed by atoms with Gasteiger partial charge in [-0.05, 0) is 44.9 Å². The molecular weight excluding hydrogens is 620 g/mol. The van der Waals surface area contributed by atoms with E-state index in [9.17, 15) is 9.59 Å². The van der Waals surface area contributed by atoms with Gasteiger partial charge in [0.1, 0.15) is 6.61 Å². The maximum atomic E-state index is 12.5. The van der Waals surface area contributed by atoms with Crippen molar-refractivity contribution in [1.29, 1.82) is 0 Å². The molecular formula is C45H86O5. The fraction of sp³-hybridized carbons (Fsp3) is 0.911. The van der Waals surface area contributed by atoms with E-state index in [0.29, 0.717) is 26.1 Å². The van der Waals surface area contributed by atoms with E-state index in [4.69, 9.17) is 14.2 Å². The summed E-state index contributed by atoms with van der Waals surface area (Å²) in [7, 11) is 0. The first-order chi connectivity index (χ1) is 24.6. The van der Waals surface area contributed by atoms with E-state index in [1.807, 2.05) is 0 Å². The molecule has 0 aromatic carbocycles. The first-order valence-electron chi connectivity index (χ1n) is 22.2. The number of carbonyl (C=O) groups excluding carboxylic acids is 2. The Morgan fingerprint density at radius 3 is 1.24 bits per heavy atom. The molecule has 0 spiro atoms. The topological polar surface area (TPSA) is 61.8 Å². The molecule has 0 rings (SSSR count). The number of ether oxygens (including phenoxy) is 3. The average molecular weight is 707 g/mol. The van der Waals surface area contributed by atoms with Gasteiger partial charge in [-0.2, -0.15) is 0 Å². The van der Waals surface area contributed by atoms with Crippen LogP contribution in [-0.2, 0) is 23.8 Å². The molecule has 0 aliphatic carbocycles. The summed E-state index contributed by atoms with van der Waals surface area (Å²) in [5, 5.41) is 0. The lowest BCUT2D eigenvalue weighted by Crippen LogP contribution is -2.30. The van der Waals surface area contributed by atoms with Crippen molar-refractivity contribution in [3.8, 4) is 0 Å². The first-order valence-corrected chi connectivity index (χ1v) is 22.2. The second kappa shape index (κ2) is 42.1. The second-order valence-electron chi connectivity index (χ2n) is 15.0. The summed E-state index contributed by atoms with van der Waals surface area (Å²) in [6.07, 6.45) is 45.2. The van der Waals surface area contributed by atoms with Crippen LogP contribution in [0.2, 0.25) is 0 Å². The number of hydrogen-bond acceptors (Lipinski definition) is 5. The van der Waals surface area contributed by atoms with Crippen LogP contribution in [0.5, 0.6) is 0 Å². The monoisotopic (exact) mass is 707 g/mol. The summed E-state index contributed by atoms with van der Waals surface area (Å²) in [6, 6.07) is 0. The van der Waals surface area contributed by atoms with Crippen LogP contribution in [0.1, 0.15) is 239 Å². The van der Waals surface area contributed by atoms with Gasteiger partial charge in [-0.3, -0.25) is 9.59 Å². The third-order valence-corrected chi connectivity index (χ3v) is 9.80. The predicted octanol–water partition coefficient (Wildman–Crippen LogP) is 14.3. The summed E-state index contributed by atoms with van der Waals surface area (Å²) in [6.45, 7) is 7.76. The molecule has 5 nitrogen and oxygen atoms in total. The third kappa shape index (κ3) is 39.4. The van der Waals surface area contributed by atoms with Gasteiger partial charge in [-0.1, -0.05) is 193 Å². The molecule has 0 N–H and O–H groups in total. The molecule has 0 saturated carbocycles. The highest BCUT2D eigenvalue weighted by atomic mass is 16.6. The SMILES string of the molecule is CCCCCC/C=C\CCCCCCCCOCC(COC(=O)CCCCCCCCCCCCCCCCC)OC(=O)CCCCCCC. The molecule has 0 bridgehead atoms. The van der Waals surface area contributed by atoms with Gasteiger partial charge >= 0.3 is 11.9 Å². The zero-order chi connectivity index (χ0) is 36.4. The zero-order valence-corrected chi connectivity index (χ0v) is 33.9. The molecule has 1 unspecified atom stereocenters. The Labute approximate surface area is 312 Å².